The molecule has 2 aliphatic rings. The fourth-order valence-electron chi connectivity index (χ4n) is 4.34. The molecule has 3 heterocycles. The molecule has 0 radical (unpaired) electrons. The molecule has 6 heteroatoms. The van der Waals surface area contributed by atoms with E-state index in [1.54, 1.807) is 4.90 Å². The molecule has 2 amide bonds. The van der Waals surface area contributed by atoms with Gasteiger partial charge in [-0.2, -0.15) is 5.10 Å². The minimum atomic E-state index is -0.253. The van der Waals surface area contributed by atoms with E-state index in [-0.39, 0.29) is 23.7 Å². The molecular formula is C22H28N4O2. The normalized spacial score (nSPS) is 22.8. The lowest BCUT2D eigenvalue weighted by Gasteiger charge is -2.33. The van der Waals surface area contributed by atoms with Crippen LogP contribution in [0, 0.1) is 19.8 Å². The maximum atomic E-state index is 13.1. The maximum absolute atomic E-state index is 13.1. The van der Waals surface area contributed by atoms with Crippen molar-refractivity contribution in [3.8, 4) is 0 Å². The Morgan fingerprint density at radius 3 is 2.68 bits per heavy atom. The number of nitrogens with zero attached hydrogens (tertiary/aromatic N) is 4. The van der Waals surface area contributed by atoms with Crippen molar-refractivity contribution in [2.45, 2.75) is 39.0 Å². The van der Waals surface area contributed by atoms with Crippen molar-refractivity contribution < 1.29 is 9.59 Å². The van der Waals surface area contributed by atoms with Gasteiger partial charge in [-0.3, -0.25) is 14.3 Å². The third kappa shape index (κ3) is 3.55. The molecule has 0 aliphatic carbocycles. The summed E-state index contributed by atoms with van der Waals surface area (Å²) in [6.07, 6.45) is 4.29. The fourth-order valence-corrected chi connectivity index (χ4v) is 4.34. The highest BCUT2D eigenvalue weighted by Crippen LogP contribution is 2.31. The number of carbonyl (C=O) groups is 2. The summed E-state index contributed by atoms with van der Waals surface area (Å²) in [5.41, 5.74) is 4.32. The smallest absolute Gasteiger partial charge is 0.228 e. The van der Waals surface area contributed by atoms with Gasteiger partial charge in [-0.1, -0.05) is 6.07 Å². The minimum absolute atomic E-state index is 0.0416. The van der Waals surface area contributed by atoms with Crippen molar-refractivity contribution in [1.29, 1.82) is 0 Å². The molecule has 0 unspecified atom stereocenters. The number of likely N-dealkylation sites (tertiary alicyclic amines) is 1. The molecule has 0 saturated carbocycles. The summed E-state index contributed by atoms with van der Waals surface area (Å²) < 4.78 is 1.81. The molecule has 2 saturated heterocycles. The Labute approximate surface area is 166 Å². The molecule has 2 aliphatic heterocycles. The zero-order valence-electron chi connectivity index (χ0n) is 16.9. The average Bonchev–Trinajstić information content (AvgIpc) is 3.29. The molecule has 0 N–H and O–H groups in total. The van der Waals surface area contributed by atoms with Crippen LogP contribution in [-0.4, -0.2) is 46.1 Å². The monoisotopic (exact) mass is 380 g/mol. The predicted molar refractivity (Wildman–Crippen MR) is 108 cm³/mol. The van der Waals surface area contributed by atoms with Crippen LogP contribution in [0.3, 0.4) is 0 Å². The first-order chi connectivity index (χ1) is 13.4. The van der Waals surface area contributed by atoms with Gasteiger partial charge in [0.1, 0.15) is 0 Å². The quantitative estimate of drug-likeness (QED) is 0.823. The topological polar surface area (TPSA) is 58.4 Å². The Balaban J connectivity index is 1.44. The highest BCUT2D eigenvalue weighted by Gasteiger charge is 2.38. The Morgan fingerprint density at radius 2 is 1.96 bits per heavy atom. The van der Waals surface area contributed by atoms with E-state index < -0.39 is 0 Å². The van der Waals surface area contributed by atoms with Gasteiger partial charge < -0.3 is 9.80 Å². The average molecular weight is 380 g/mol. The predicted octanol–water partition coefficient (Wildman–Crippen LogP) is 2.80. The van der Waals surface area contributed by atoms with E-state index in [9.17, 15) is 9.59 Å². The molecule has 0 spiro atoms. The number of hydrogen-bond acceptors (Lipinski definition) is 3. The number of hydrogen-bond donors (Lipinski definition) is 0. The molecule has 28 heavy (non-hydrogen) atoms. The van der Waals surface area contributed by atoms with Crippen LogP contribution in [0.5, 0.6) is 0 Å². The van der Waals surface area contributed by atoms with Crippen molar-refractivity contribution in [3.05, 3.63) is 47.3 Å². The number of benzene rings is 1. The molecule has 4 rings (SSSR count). The SMILES string of the molecule is Cc1ccc(N2C[C@H](C(=O)N3CCC[C@@H](c4ccn(C)n4)C3)CC2=O)cc1C. The number of carbonyl (C=O) groups excluding carboxylic acids is 2. The zero-order chi connectivity index (χ0) is 19.8. The second-order valence-corrected chi connectivity index (χ2v) is 8.21. The van der Waals surface area contributed by atoms with Gasteiger partial charge in [-0.05, 0) is 56.0 Å². The lowest BCUT2D eigenvalue weighted by molar-refractivity contribution is -0.137. The summed E-state index contributed by atoms with van der Waals surface area (Å²) in [6, 6.07) is 8.09. The molecule has 1 aromatic carbocycles. The summed E-state index contributed by atoms with van der Waals surface area (Å²) in [7, 11) is 1.92. The second-order valence-electron chi connectivity index (χ2n) is 8.21. The zero-order valence-corrected chi connectivity index (χ0v) is 16.9. The number of amides is 2. The van der Waals surface area contributed by atoms with Crippen LogP contribution < -0.4 is 4.90 Å². The van der Waals surface area contributed by atoms with Gasteiger partial charge in [0, 0.05) is 50.9 Å². The number of aryl methyl sites for hydroxylation is 3. The van der Waals surface area contributed by atoms with Gasteiger partial charge in [0.25, 0.3) is 0 Å². The first-order valence-electron chi connectivity index (χ1n) is 10.1. The van der Waals surface area contributed by atoms with Gasteiger partial charge in [0.15, 0.2) is 0 Å². The lowest BCUT2D eigenvalue weighted by atomic mass is 9.93. The van der Waals surface area contributed by atoms with Crippen LogP contribution in [0.1, 0.15) is 42.0 Å². The third-order valence-corrected chi connectivity index (χ3v) is 6.16. The molecule has 6 nitrogen and oxygen atoms in total. The Kier molecular flexibility index (Phi) is 4.96. The van der Waals surface area contributed by atoms with E-state index >= 15 is 0 Å². The maximum Gasteiger partial charge on any atom is 0.228 e. The number of aromatic nitrogens is 2. The number of piperidine rings is 1. The van der Waals surface area contributed by atoms with E-state index in [1.165, 1.54) is 5.56 Å². The van der Waals surface area contributed by atoms with Crippen molar-refractivity contribution in [1.82, 2.24) is 14.7 Å². The van der Waals surface area contributed by atoms with Crippen LogP contribution in [0.15, 0.2) is 30.5 Å². The lowest BCUT2D eigenvalue weighted by Crippen LogP contribution is -2.43. The van der Waals surface area contributed by atoms with E-state index in [0.717, 1.165) is 36.3 Å². The number of anilines is 1. The molecular weight excluding hydrogens is 352 g/mol. The van der Waals surface area contributed by atoms with Crippen molar-refractivity contribution in [2.75, 3.05) is 24.5 Å². The van der Waals surface area contributed by atoms with Gasteiger partial charge in [-0.25, -0.2) is 0 Å². The van der Waals surface area contributed by atoms with Crippen molar-refractivity contribution in [3.63, 3.8) is 0 Å². The minimum Gasteiger partial charge on any atom is -0.342 e. The first-order valence-corrected chi connectivity index (χ1v) is 10.1. The Morgan fingerprint density at radius 1 is 1.14 bits per heavy atom. The highest BCUT2D eigenvalue weighted by molar-refractivity contribution is 6.00. The highest BCUT2D eigenvalue weighted by atomic mass is 16.2. The van der Waals surface area contributed by atoms with Gasteiger partial charge >= 0.3 is 0 Å². The van der Waals surface area contributed by atoms with Crippen LogP contribution >= 0.6 is 0 Å². The Hall–Kier alpha value is -2.63. The summed E-state index contributed by atoms with van der Waals surface area (Å²) in [6.45, 7) is 6.06. The third-order valence-electron chi connectivity index (χ3n) is 6.16. The van der Waals surface area contributed by atoms with Gasteiger partial charge in [-0.15, -0.1) is 0 Å². The summed E-state index contributed by atoms with van der Waals surface area (Å²) in [4.78, 5) is 29.5. The van der Waals surface area contributed by atoms with E-state index in [1.807, 2.05) is 54.0 Å². The van der Waals surface area contributed by atoms with Crippen LogP contribution in [0.4, 0.5) is 5.69 Å². The Bertz CT molecular complexity index is 904. The summed E-state index contributed by atoms with van der Waals surface area (Å²) in [5, 5.41) is 4.52. The molecule has 1 aromatic heterocycles. The van der Waals surface area contributed by atoms with Crippen LogP contribution in [0.25, 0.3) is 0 Å². The van der Waals surface area contributed by atoms with E-state index in [4.69, 9.17) is 0 Å². The van der Waals surface area contributed by atoms with Crippen LogP contribution in [0.2, 0.25) is 0 Å². The van der Waals surface area contributed by atoms with Gasteiger partial charge in [0.2, 0.25) is 11.8 Å². The largest absolute Gasteiger partial charge is 0.342 e. The first kappa shape index (κ1) is 18.7. The number of rotatable bonds is 3. The fraction of sp³-hybridized carbons (Fsp3) is 0.500. The van der Waals surface area contributed by atoms with Gasteiger partial charge in [0.05, 0.1) is 11.6 Å². The molecule has 2 aromatic rings. The molecule has 2 fully saturated rings. The standard InChI is InChI=1S/C22H28N4O2/c1-15-6-7-19(11-16(15)2)26-14-18(12-21(26)27)22(28)25-9-4-5-17(13-25)20-8-10-24(3)23-20/h6-8,10-11,17-18H,4-5,9,12-14H2,1-3H3/t17-,18-/m1/s1. The molecule has 148 valence electrons. The molecule has 0 bridgehead atoms. The summed E-state index contributed by atoms with van der Waals surface area (Å²) >= 11 is 0. The summed E-state index contributed by atoms with van der Waals surface area (Å²) in [5.74, 6) is 0.184. The molecule has 2 atom stereocenters. The van der Waals surface area contributed by atoms with Crippen molar-refractivity contribution >= 4 is 17.5 Å². The van der Waals surface area contributed by atoms with Crippen LogP contribution in [-0.2, 0) is 16.6 Å². The van der Waals surface area contributed by atoms with Crippen molar-refractivity contribution in [2.24, 2.45) is 13.0 Å². The van der Waals surface area contributed by atoms with E-state index in [0.29, 0.717) is 19.5 Å². The van der Waals surface area contributed by atoms with E-state index in [2.05, 4.69) is 12.0 Å². The second kappa shape index (κ2) is 7.41.